The van der Waals surface area contributed by atoms with Crippen molar-refractivity contribution in [3.63, 3.8) is 0 Å². The summed E-state index contributed by atoms with van der Waals surface area (Å²) in [4.78, 5) is 0. The highest BCUT2D eigenvalue weighted by Crippen LogP contribution is 2.63. The van der Waals surface area contributed by atoms with Crippen molar-refractivity contribution in [3.8, 4) is 39.9 Å². The molecule has 0 aromatic heterocycles. The molecule has 0 N–H and O–H groups in total. The minimum absolute atomic E-state index is 0.105. The molecule has 0 unspecified atom stereocenters. The summed E-state index contributed by atoms with van der Waals surface area (Å²) in [5, 5.41) is 0. The SMILES string of the molecule is CCCOc1ccc(C2(c3ccc(OCCC)cc3)C=CC(C3=Cc4ccccc4C34CC(C)(C)CC(C)(C)C4)=C(c3ccc(-c4ccc(OC)cc4OC)c(OC)c3)O2)cc1. The Morgan fingerprint density at radius 2 is 1.13 bits per heavy atom. The zero-order valence-corrected chi connectivity index (χ0v) is 38.0. The first-order valence-corrected chi connectivity index (χ1v) is 22.2. The van der Waals surface area contributed by atoms with Crippen LogP contribution in [0.1, 0.15) is 101 Å². The van der Waals surface area contributed by atoms with E-state index in [-0.39, 0.29) is 16.2 Å². The van der Waals surface area contributed by atoms with Gasteiger partial charge in [-0.15, -0.1) is 0 Å². The van der Waals surface area contributed by atoms with Gasteiger partial charge >= 0.3 is 0 Å². The number of hydrogen-bond donors (Lipinski definition) is 0. The summed E-state index contributed by atoms with van der Waals surface area (Å²) in [5.74, 6) is 4.57. The summed E-state index contributed by atoms with van der Waals surface area (Å²) >= 11 is 0. The number of benzene rings is 5. The molecule has 6 nitrogen and oxygen atoms in total. The molecule has 0 radical (unpaired) electrons. The van der Waals surface area contributed by atoms with Crippen LogP contribution in [0.4, 0.5) is 0 Å². The van der Waals surface area contributed by atoms with Crippen LogP contribution in [0.15, 0.2) is 132 Å². The van der Waals surface area contributed by atoms with Crippen LogP contribution >= 0.6 is 0 Å². The van der Waals surface area contributed by atoms with Crippen molar-refractivity contribution in [2.45, 2.75) is 84.7 Å². The molecule has 322 valence electrons. The van der Waals surface area contributed by atoms with Gasteiger partial charge in [-0.2, -0.15) is 0 Å². The van der Waals surface area contributed by atoms with Gasteiger partial charge in [-0.25, -0.2) is 0 Å². The van der Waals surface area contributed by atoms with Gasteiger partial charge in [0.15, 0.2) is 5.60 Å². The van der Waals surface area contributed by atoms with E-state index in [1.54, 1.807) is 21.3 Å². The Labute approximate surface area is 369 Å². The smallest absolute Gasteiger partial charge is 0.178 e. The number of hydrogen-bond acceptors (Lipinski definition) is 6. The molecule has 0 bridgehead atoms. The monoisotopic (exact) mass is 830 g/mol. The van der Waals surface area contributed by atoms with Gasteiger partial charge in [0.05, 0.1) is 34.5 Å². The Balaban J connectivity index is 1.36. The minimum atomic E-state index is -0.999. The molecule has 5 aromatic carbocycles. The Bertz CT molecular complexity index is 2430. The zero-order chi connectivity index (χ0) is 43.7. The zero-order valence-electron chi connectivity index (χ0n) is 38.0. The fraction of sp³-hybridized carbons (Fsp3) is 0.357. The quantitative estimate of drug-likeness (QED) is 0.111. The number of methoxy groups -OCH3 is 3. The van der Waals surface area contributed by atoms with Crippen LogP contribution in [-0.4, -0.2) is 34.5 Å². The maximum Gasteiger partial charge on any atom is 0.178 e. The lowest BCUT2D eigenvalue weighted by Crippen LogP contribution is -2.45. The van der Waals surface area contributed by atoms with Crippen LogP contribution in [0.3, 0.4) is 0 Å². The maximum absolute atomic E-state index is 7.83. The van der Waals surface area contributed by atoms with Gasteiger partial charge in [0, 0.05) is 44.9 Å². The molecule has 1 aliphatic heterocycles. The predicted octanol–water partition coefficient (Wildman–Crippen LogP) is 13.8. The molecule has 1 spiro atoms. The molecular formula is C56H62O6. The molecule has 8 rings (SSSR count). The minimum Gasteiger partial charge on any atom is -0.497 e. The Morgan fingerprint density at radius 1 is 0.581 bits per heavy atom. The van der Waals surface area contributed by atoms with Crippen LogP contribution in [-0.2, 0) is 15.8 Å². The van der Waals surface area contributed by atoms with Gasteiger partial charge in [-0.3, -0.25) is 0 Å². The Hall–Kier alpha value is -5.88. The van der Waals surface area contributed by atoms with Crippen LogP contribution < -0.4 is 23.7 Å². The van der Waals surface area contributed by atoms with Gasteiger partial charge in [0.1, 0.15) is 34.5 Å². The van der Waals surface area contributed by atoms with Crippen molar-refractivity contribution in [3.05, 3.63) is 160 Å². The first-order valence-electron chi connectivity index (χ1n) is 22.2. The number of ether oxygens (including phenoxy) is 6. The van der Waals surface area contributed by atoms with Gasteiger partial charge in [-0.1, -0.05) is 102 Å². The van der Waals surface area contributed by atoms with Gasteiger partial charge in [0.2, 0.25) is 0 Å². The molecule has 6 heteroatoms. The molecule has 0 atom stereocenters. The van der Waals surface area contributed by atoms with Crippen molar-refractivity contribution < 1.29 is 28.4 Å². The number of rotatable bonds is 14. The van der Waals surface area contributed by atoms with Gasteiger partial charge in [-0.05, 0) is 120 Å². The largest absolute Gasteiger partial charge is 0.497 e. The van der Waals surface area contributed by atoms with Gasteiger partial charge in [0.25, 0.3) is 0 Å². The van der Waals surface area contributed by atoms with Crippen LogP contribution in [0.2, 0.25) is 0 Å². The fourth-order valence-corrected chi connectivity index (χ4v) is 10.9. The second-order valence-corrected chi connectivity index (χ2v) is 18.7. The summed E-state index contributed by atoms with van der Waals surface area (Å²) < 4.78 is 37.6. The lowest BCUT2D eigenvalue weighted by molar-refractivity contribution is 0.0628. The topological polar surface area (TPSA) is 55.4 Å². The fourth-order valence-electron chi connectivity index (χ4n) is 10.9. The lowest BCUT2D eigenvalue weighted by atomic mass is 9.51. The van der Waals surface area contributed by atoms with Gasteiger partial charge < -0.3 is 28.4 Å². The maximum atomic E-state index is 7.83. The second-order valence-electron chi connectivity index (χ2n) is 18.7. The van der Waals surface area contributed by atoms with E-state index >= 15 is 0 Å². The second kappa shape index (κ2) is 17.1. The standard InChI is InChI=1S/C56H62O6/c1-10-30-60-42-21-17-40(18-22-42)56(41-19-23-43(24-20-41)61-31-11-2)29-28-47(49-32-38-14-12-13-15-48(38)55(49)36-53(3,4)35-54(5,6)37-55)52(62-56)39-16-26-45(50(33-39)58-8)46-27-25-44(57-7)34-51(46)59-9/h12-29,32-34H,10-11,30-31,35-37H2,1-9H3. The van der Waals surface area contributed by atoms with Crippen LogP contribution in [0.5, 0.6) is 28.7 Å². The van der Waals surface area contributed by atoms with Crippen molar-refractivity contribution in [1.82, 2.24) is 0 Å². The van der Waals surface area contributed by atoms with E-state index in [9.17, 15) is 0 Å². The van der Waals surface area contributed by atoms with E-state index in [0.717, 1.165) is 88.5 Å². The highest BCUT2D eigenvalue weighted by molar-refractivity contribution is 5.86. The molecule has 62 heavy (non-hydrogen) atoms. The summed E-state index contributed by atoms with van der Waals surface area (Å²) in [6.45, 7) is 15.3. The molecule has 0 amide bonds. The third-order valence-corrected chi connectivity index (χ3v) is 12.8. The van der Waals surface area contributed by atoms with E-state index in [4.69, 9.17) is 28.4 Å². The summed E-state index contributed by atoms with van der Waals surface area (Å²) in [6.07, 6.45) is 12.1. The molecule has 1 saturated carbocycles. The predicted molar refractivity (Wildman–Crippen MR) is 251 cm³/mol. The van der Waals surface area contributed by atoms with E-state index in [1.807, 2.05) is 18.2 Å². The molecule has 1 heterocycles. The summed E-state index contributed by atoms with van der Waals surface area (Å²) in [7, 11) is 5.07. The normalized spacial score (nSPS) is 17.8. The van der Waals surface area contributed by atoms with Crippen molar-refractivity contribution in [2.75, 3.05) is 34.5 Å². The lowest BCUT2D eigenvalue weighted by Gasteiger charge is -2.53. The van der Waals surface area contributed by atoms with E-state index in [1.165, 1.54) is 16.7 Å². The third-order valence-electron chi connectivity index (χ3n) is 12.8. The number of allylic oxidation sites excluding steroid dienone is 3. The van der Waals surface area contributed by atoms with Crippen LogP contribution in [0, 0.1) is 10.8 Å². The molecule has 1 fully saturated rings. The molecule has 0 saturated heterocycles. The van der Waals surface area contributed by atoms with Crippen molar-refractivity contribution in [2.24, 2.45) is 10.8 Å². The molecular weight excluding hydrogens is 769 g/mol. The Morgan fingerprint density at radius 3 is 1.69 bits per heavy atom. The number of fused-ring (bicyclic) bond motifs is 2. The third kappa shape index (κ3) is 8.00. The Kier molecular flexibility index (Phi) is 11.8. The highest BCUT2D eigenvalue weighted by Gasteiger charge is 2.54. The summed E-state index contributed by atoms with van der Waals surface area (Å²) in [5.41, 5.74) is 8.72. The molecule has 3 aliphatic rings. The van der Waals surface area contributed by atoms with Crippen molar-refractivity contribution >= 4 is 11.8 Å². The van der Waals surface area contributed by atoms with Crippen LogP contribution in [0.25, 0.3) is 23.0 Å². The average Bonchev–Trinajstić information content (AvgIpc) is 3.57. The first-order chi connectivity index (χ1) is 29.9. The van der Waals surface area contributed by atoms with E-state index in [2.05, 4.69) is 151 Å². The highest BCUT2D eigenvalue weighted by atomic mass is 16.5. The molecule has 5 aromatic rings. The average molecular weight is 831 g/mol. The molecule has 2 aliphatic carbocycles. The summed E-state index contributed by atoms with van der Waals surface area (Å²) in [6, 6.07) is 38.0. The van der Waals surface area contributed by atoms with Crippen molar-refractivity contribution in [1.29, 1.82) is 0 Å². The van der Waals surface area contributed by atoms with E-state index in [0.29, 0.717) is 24.7 Å². The first kappa shape index (κ1) is 42.8. The van der Waals surface area contributed by atoms with E-state index < -0.39 is 5.60 Å².